The Morgan fingerprint density at radius 1 is 0.861 bits per heavy atom. The molecule has 3 aromatic carbocycles. The van der Waals surface area contributed by atoms with E-state index in [0.29, 0.717) is 17.2 Å². The Bertz CT molecular complexity index is 1130. The van der Waals surface area contributed by atoms with Crippen molar-refractivity contribution in [3.63, 3.8) is 0 Å². The van der Waals surface area contributed by atoms with Gasteiger partial charge in [-0.1, -0.05) is 68.4 Å². The SMILES string of the molecule is CC(C)Cc1ccc(C(C)C(=O)Oc2ccc(C(=O)OC3COC(c4ccccc4)OC3)cc2)cc1. The van der Waals surface area contributed by atoms with Gasteiger partial charge in [-0.05, 0) is 54.7 Å². The first kappa shape index (κ1) is 25.6. The van der Waals surface area contributed by atoms with Gasteiger partial charge in [0.25, 0.3) is 0 Å². The summed E-state index contributed by atoms with van der Waals surface area (Å²) in [5.74, 6) is -0.303. The monoisotopic (exact) mass is 488 g/mol. The lowest BCUT2D eigenvalue weighted by molar-refractivity contribution is -0.220. The summed E-state index contributed by atoms with van der Waals surface area (Å²) in [6, 6.07) is 24.0. The molecule has 188 valence electrons. The van der Waals surface area contributed by atoms with Crippen molar-refractivity contribution in [3.8, 4) is 5.75 Å². The van der Waals surface area contributed by atoms with Crippen molar-refractivity contribution in [2.24, 2.45) is 5.92 Å². The molecule has 0 spiro atoms. The van der Waals surface area contributed by atoms with E-state index in [0.717, 1.165) is 17.5 Å². The molecule has 6 heteroatoms. The van der Waals surface area contributed by atoms with E-state index < -0.39 is 24.3 Å². The number of hydrogen-bond acceptors (Lipinski definition) is 6. The van der Waals surface area contributed by atoms with Gasteiger partial charge in [-0.25, -0.2) is 4.79 Å². The van der Waals surface area contributed by atoms with E-state index in [1.54, 1.807) is 24.3 Å². The molecule has 1 unspecified atom stereocenters. The normalized spacial score (nSPS) is 18.4. The van der Waals surface area contributed by atoms with Crippen molar-refractivity contribution >= 4 is 11.9 Å². The van der Waals surface area contributed by atoms with Crippen LogP contribution in [0.15, 0.2) is 78.9 Å². The molecule has 6 nitrogen and oxygen atoms in total. The average Bonchev–Trinajstić information content (AvgIpc) is 2.89. The predicted molar refractivity (Wildman–Crippen MR) is 136 cm³/mol. The molecule has 1 atom stereocenters. The molecule has 1 saturated heterocycles. The van der Waals surface area contributed by atoms with Crippen molar-refractivity contribution in [2.75, 3.05) is 13.2 Å². The number of hydrogen-bond donors (Lipinski definition) is 0. The van der Waals surface area contributed by atoms with Crippen LogP contribution in [0.3, 0.4) is 0 Å². The first-order chi connectivity index (χ1) is 17.4. The van der Waals surface area contributed by atoms with Gasteiger partial charge in [0, 0.05) is 5.56 Å². The standard InChI is InChI=1S/C30H32O6/c1-20(2)17-22-9-11-23(12-10-22)21(3)28(31)35-26-15-13-24(14-16-26)29(32)36-27-18-33-30(34-19-27)25-7-5-4-6-8-25/h4-16,20-21,27,30H,17-19H2,1-3H3. The van der Waals surface area contributed by atoms with Crippen LogP contribution in [-0.2, 0) is 25.4 Å². The topological polar surface area (TPSA) is 71.1 Å². The Labute approximate surface area is 212 Å². The van der Waals surface area contributed by atoms with Gasteiger partial charge in [-0.3, -0.25) is 4.79 Å². The summed E-state index contributed by atoms with van der Waals surface area (Å²) in [4.78, 5) is 25.2. The summed E-state index contributed by atoms with van der Waals surface area (Å²) < 4.78 is 22.5. The van der Waals surface area contributed by atoms with Crippen LogP contribution in [-0.4, -0.2) is 31.3 Å². The molecule has 1 aliphatic heterocycles. The highest BCUT2D eigenvalue weighted by Crippen LogP contribution is 2.25. The molecule has 0 N–H and O–H groups in total. The average molecular weight is 489 g/mol. The second-order valence-electron chi connectivity index (χ2n) is 9.44. The largest absolute Gasteiger partial charge is 0.454 e. The second-order valence-corrected chi connectivity index (χ2v) is 9.44. The fourth-order valence-corrected chi connectivity index (χ4v) is 3.99. The van der Waals surface area contributed by atoms with Gasteiger partial charge in [0.2, 0.25) is 0 Å². The third-order valence-corrected chi connectivity index (χ3v) is 6.00. The minimum Gasteiger partial charge on any atom is -0.454 e. The highest BCUT2D eigenvalue weighted by molar-refractivity contribution is 5.89. The van der Waals surface area contributed by atoms with Gasteiger partial charge in [0.05, 0.1) is 24.7 Å². The zero-order chi connectivity index (χ0) is 25.5. The Morgan fingerprint density at radius 2 is 1.50 bits per heavy atom. The van der Waals surface area contributed by atoms with E-state index in [4.69, 9.17) is 18.9 Å². The lowest BCUT2D eigenvalue weighted by Crippen LogP contribution is -2.35. The molecule has 1 heterocycles. The first-order valence-corrected chi connectivity index (χ1v) is 12.3. The van der Waals surface area contributed by atoms with Gasteiger partial charge in [0.15, 0.2) is 6.29 Å². The first-order valence-electron chi connectivity index (χ1n) is 12.3. The number of rotatable bonds is 8. The molecular weight excluding hydrogens is 456 g/mol. The van der Waals surface area contributed by atoms with Crippen LogP contribution < -0.4 is 4.74 Å². The zero-order valence-corrected chi connectivity index (χ0v) is 20.9. The van der Waals surface area contributed by atoms with Crippen LogP contribution in [0.1, 0.15) is 60.0 Å². The Morgan fingerprint density at radius 3 is 2.11 bits per heavy atom. The van der Waals surface area contributed by atoms with Crippen LogP contribution in [0, 0.1) is 5.92 Å². The van der Waals surface area contributed by atoms with E-state index in [-0.39, 0.29) is 19.2 Å². The molecule has 1 aliphatic rings. The third-order valence-electron chi connectivity index (χ3n) is 6.00. The Balaban J connectivity index is 1.26. The summed E-state index contributed by atoms with van der Waals surface area (Å²) >= 11 is 0. The highest BCUT2D eigenvalue weighted by atomic mass is 16.7. The molecule has 0 radical (unpaired) electrons. The number of benzene rings is 3. The minimum absolute atomic E-state index is 0.247. The number of carbonyl (C=O) groups is 2. The van der Waals surface area contributed by atoms with Crippen molar-refractivity contribution in [3.05, 3.63) is 101 Å². The molecule has 3 aromatic rings. The van der Waals surface area contributed by atoms with Crippen LogP contribution in [0.25, 0.3) is 0 Å². The van der Waals surface area contributed by atoms with Crippen molar-refractivity contribution in [1.29, 1.82) is 0 Å². The Hall–Kier alpha value is -3.48. The van der Waals surface area contributed by atoms with E-state index >= 15 is 0 Å². The van der Waals surface area contributed by atoms with Gasteiger partial charge >= 0.3 is 11.9 Å². The lowest BCUT2D eigenvalue weighted by atomic mass is 9.97. The molecule has 0 bridgehead atoms. The van der Waals surface area contributed by atoms with Crippen LogP contribution >= 0.6 is 0 Å². The summed E-state index contributed by atoms with van der Waals surface area (Å²) in [5.41, 5.74) is 3.43. The van der Waals surface area contributed by atoms with Gasteiger partial charge in [-0.2, -0.15) is 0 Å². The fourth-order valence-electron chi connectivity index (χ4n) is 3.99. The molecular formula is C30H32O6. The van der Waals surface area contributed by atoms with Gasteiger partial charge in [-0.15, -0.1) is 0 Å². The molecule has 0 aromatic heterocycles. The number of carbonyl (C=O) groups excluding carboxylic acids is 2. The number of ether oxygens (including phenoxy) is 4. The summed E-state index contributed by atoms with van der Waals surface area (Å²) in [6.45, 7) is 6.68. The molecule has 0 amide bonds. The van der Waals surface area contributed by atoms with Crippen molar-refractivity contribution in [2.45, 2.75) is 45.5 Å². The van der Waals surface area contributed by atoms with E-state index in [1.165, 1.54) is 5.56 Å². The maximum absolute atomic E-state index is 12.6. The van der Waals surface area contributed by atoms with Crippen molar-refractivity contribution in [1.82, 2.24) is 0 Å². The highest BCUT2D eigenvalue weighted by Gasteiger charge is 2.26. The fraction of sp³-hybridized carbons (Fsp3) is 0.333. The zero-order valence-electron chi connectivity index (χ0n) is 20.9. The lowest BCUT2D eigenvalue weighted by Gasteiger charge is -2.29. The van der Waals surface area contributed by atoms with E-state index in [2.05, 4.69) is 26.0 Å². The van der Waals surface area contributed by atoms with Crippen molar-refractivity contribution < 1.29 is 28.5 Å². The molecule has 4 rings (SSSR count). The third kappa shape index (κ3) is 6.80. The molecule has 0 saturated carbocycles. The molecule has 0 aliphatic carbocycles. The quantitative estimate of drug-likeness (QED) is 0.292. The summed E-state index contributed by atoms with van der Waals surface area (Å²) in [7, 11) is 0. The molecule has 36 heavy (non-hydrogen) atoms. The maximum Gasteiger partial charge on any atom is 0.338 e. The Kier molecular flexibility index (Phi) is 8.52. The second kappa shape index (κ2) is 12.0. The summed E-state index contributed by atoms with van der Waals surface area (Å²) in [6.07, 6.45) is 0.0429. The minimum atomic E-state index is -0.497. The predicted octanol–water partition coefficient (Wildman–Crippen LogP) is 5.87. The van der Waals surface area contributed by atoms with Gasteiger partial charge < -0.3 is 18.9 Å². The maximum atomic E-state index is 12.6. The van der Waals surface area contributed by atoms with E-state index in [1.807, 2.05) is 49.4 Å². The van der Waals surface area contributed by atoms with Crippen LogP contribution in [0.5, 0.6) is 5.75 Å². The van der Waals surface area contributed by atoms with Crippen LogP contribution in [0.4, 0.5) is 0 Å². The smallest absolute Gasteiger partial charge is 0.338 e. The van der Waals surface area contributed by atoms with Crippen LogP contribution in [0.2, 0.25) is 0 Å². The number of esters is 2. The van der Waals surface area contributed by atoms with E-state index in [9.17, 15) is 9.59 Å². The van der Waals surface area contributed by atoms with Gasteiger partial charge in [0.1, 0.15) is 11.9 Å². The summed E-state index contributed by atoms with van der Waals surface area (Å²) in [5, 5.41) is 0. The molecule has 1 fully saturated rings.